The number of rotatable bonds is 4. The minimum atomic E-state index is -0.230. The highest BCUT2D eigenvalue weighted by molar-refractivity contribution is 9.10. The maximum Gasteiger partial charge on any atom is 0.236 e. The van der Waals surface area contributed by atoms with E-state index in [1.54, 1.807) is 6.08 Å². The van der Waals surface area contributed by atoms with Crippen molar-refractivity contribution in [2.75, 3.05) is 32.7 Å². The van der Waals surface area contributed by atoms with Crippen molar-refractivity contribution >= 4 is 39.3 Å². The molecule has 6 nitrogen and oxygen atoms in total. The fourth-order valence-corrected chi connectivity index (χ4v) is 7.86. The van der Waals surface area contributed by atoms with Gasteiger partial charge in [0, 0.05) is 54.2 Å². The van der Waals surface area contributed by atoms with Gasteiger partial charge in [-0.05, 0) is 85.3 Å². The summed E-state index contributed by atoms with van der Waals surface area (Å²) in [6, 6.07) is 4.06. The lowest BCUT2D eigenvalue weighted by Crippen LogP contribution is -2.45. The lowest BCUT2D eigenvalue weighted by molar-refractivity contribution is -0.134. The van der Waals surface area contributed by atoms with Crippen molar-refractivity contribution in [1.29, 1.82) is 0 Å². The summed E-state index contributed by atoms with van der Waals surface area (Å²) in [5.74, 6) is 0.831. The van der Waals surface area contributed by atoms with Crippen molar-refractivity contribution in [2.24, 2.45) is 17.6 Å². The van der Waals surface area contributed by atoms with E-state index in [9.17, 15) is 14.0 Å². The zero-order valence-electron chi connectivity index (χ0n) is 23.7. The van der Waals surface area contributed by atoms with Gasteiger partial charge in [-0.1, -0.05) is 47.8 Å². The molecule has 0 saturated carbocycles. The van der Waals surface area contributed by atoms with Gasteiger partial charge in [-0.15, -0.1) is 0 Å². The molecule has 0 spiro atoms. The van der Waals surface area contributed by atoms with Crippen LogP contribution in [0.4, 0.5) is 4.39 Å². The molecule has 40 heavy (non-hydrogen) atoms. The number of hydrogen-bond acceptors (Lipinski definition) is 4. The van der Waals surface area contributed by atoms with Crippen LogP contribution in [0.1, 0.15) is 75.8 Å². The molecule has 0 aromatic heterocycles. The first-order valence-electron chi connectivity index (χ1n) is 14.8. The first kappa shape index (κ1) is 31.0. The van der Waals surface area contributed by atoms with Gasteiger partial charge in [0.25, 0.3) is 0 Å². The maximum atomic E-state index is 14.2. The maximum absolute atomic E-state index is 14.2. The average Bonchev–Trinajstić information content (AvgIpc) is 3.10. The number of likely N-dealkylation sites (tertiary alicyclic amines) is 2. The van der Waals surface area contributed by atoms with E-state index < -0.39 is 0 Å². The van der Waals surface area contributed by atoms with Crippen LogP contribution in [0.2, 0.25) is 5.02 Å². The molecular weight excluding hydrogens is 595 g/mol. The highest BCUT2D eigenvalue weighted by atomic mass is 79.9. The van der Waals surface area contributed by atoms with Crippen molar-refractivity contribution in [3.8, 4) is 0 Å². The molecule has 5 rings (SSSR count). The topological polar surface area (TPSA) is 78.7 Å². The van der Waals surface area contributed by atoms with Crippen molar-refractivity contribution in [1.82, 2.24) is 15.1 Å². The molecule has 9 heteroatoms. The highest BCUT2D eigenvalue weighted by Gasteiger charge is 2.40. The first-order valence-corrected chi connectivity index (χ1v) is 16.0. The van der Waals surface area contributed by atoms with Gasteiger partial charge in [0.15, 0.2) is 0 Å². The molecule has 3 N–H and O–H groups in total. The Morgan fingerprint density at radius 3 is 2.33 bits per heavy atom. The van der Waals surface area contributed by atoms with E-state index in [0.717, 1.165) is 61.7 Å². The van der Waals surface area contributed by atoms with E-state index in [-0.39, 0.29) is 36.1 Å². The molecule has 2 amide bonds. The molecule has 3 heterocycles. The Morgan fingerprint density at radius 1 is 1.05 bits per heavy atom. The molecule has 0 bridgehead atoms. The van der Waals surface area contributed by atoms with Crippen LogP contribution < -0.4 is 11.1 Å². The summed E-state index contributed by atoms with van der Waals surface area (Å²) in [5.41, 5.74) is 9.08. The van der Waals surface area contributed by atoms with Gasteiger partial charge in [0.05, 0.1) is 12.6 Å². The number of nitrogens with two attached hydrogens (primary N) is 1. The molecule has 0 radical (unpaired) electrons. The van der Waals surface area contributed by atoms with Gasteiger partial charge in [0.1, 0.15) is 5.83 Å². The number of carbonyl (C=O) groups is 2. The third-order valence-corrected chi connectivity index (χ3v) is 9.56. The average molecular weight is 638 g/mol. The number of hydrogen-bond donors (Lipinski definition) is 2. The number of piperidine rings is 2. The van der Waals surface area contributed by atoms with Crippen LogP contribution in [0, 0.1) is 11.8 Å². The largest absolute Gasteiger partial charge is 0.381 e. The van der Waals surface area contributed by atoms with E-state index >= 15 is 0 Å². The van der Waals surface area contributed by atoms with Gasteiger partial charge in [-0.2, -0.15) is 0 Å². The number of aryl methyl sites for hydroxylation is 1. The summed E-state index contributed by atoms with van der Waals surface area (Å²) in [7, 11) is 0. The molecule has 2 unspecified atom stereocenters. The van der Waals surface area contributed by atoms with Gasteiger partial charge in [-0.3, -0.25) is 9.59 Å². The van der Waals surface area contributed by atoms with Crippen LogP contribution in [-0.4, -0.2) is 60.4 Å². The molecule has 1 aliphatic carbocycles. The molecule has 2 saturated heterocycles. The summed E-state index contributed by atoms with van der Waals surface area (Å²) >= 11 is 10.2. The third-order valence-electron chi connectivity index (χ3n) is 8.68. The minimum absolute atomic E-state index is 0.00969. The Kier molecular flexibility index (Phi) is 11.1. The Balaban J connectivity index is 0.00000118. The minimum Gasteiger partial charge on any atom is -0.381 e. The fourth-order valence-electron chi connectivity index (χ4n) is 6.72. The molecule has 1 aromatic carbocycles. The van der Waals surface area contributed by atoms with Crippen molar-refractivity contribution in [3.63, 3.8) is 0 Å². The van der Waals surface area contributed by atoms with E-state index in [0.29, 0.717) is 36.4 Å². The normalized spacial score (nSPS) is 23.4. The Labute approximate surface area is 251 Å². The van der Waals surface area contributed by atoms with Crippen LogP contribution in [0.15, 0.2) is 40.3 Å². The van der Waals surface area contributed by atoms with Crippen LogP contribution in [0.3, 0.4) is 0 Å². The molecule has 4 aliphatic rings. The molecule has 2 fully saturated rings. The number of nitrogens with zero attached hydrogens (tertiary/aromatic N) is 2. The SMILES string of the molecule is CCC.NCC(=O)N1CCC(CC(=O)N2CCC(C3c4c(Br)cc(Cl)cc4CCC4=CC(F)=CNC43)CC2)CC1. The molecular formula is C31H43BrClFN4O2. The molecule has 3 aliphatic heterocycles. The van der Waals surface area contributed by atoms with Gasteiger partial charge >= 0.3 is 0 Å². The number of fused-ring (bicyclic) bond motifs is 2. The third kappa shape index (κ3) is 7.29. The predicted octanol–water partition coefficient (Wildman–Crippen LogP) is 6.08. The standard InChI is InChI=1S/C28H35BrClFN4O2.C3H8/c29-23-14-21(30)12-19-1-2-20-13-22(31)16-33-28(20)27(26(19)23)18-5-9-34(10-6-18)24(36)11-17-3-7-35(8-4-17)25(37)15-32;1-3-2/h12-14,16-18,27-28,33H,1-11,15,32H2;3H2,1-2H3. The van der Waals surface area contributed by atoms with Crippen LogP contribution in [0.25, 0.3) is 0 Å². The van der Waals surface area contributed by atoms with Crippen LogP contribution >= 0.6 is 27.5 Å². The van der Waals surface area contributed by atoms with Crippen molar-refractivity contribution < 1.29 is 14.0 Å². The first-order chi connectivity index (χ1) is 19.2. The monoisotopic (exact) mass is 636 g/mol. The number of halogens is 3. The van der Waals surface area contributed by atoms with Gasteiger partial charge in [-0.25, -0.2) is 4.39 Å². The molecule has 2 atom stereocenters. The van der Waals surface area contributed by atoms with Crippen molar-refractivity contribution in [3.05, 3.63) is 56.4 Å². The highest BCUT2D eigenvalue weighted by Crippen LogP contribution is 2.47. The zero-order valence-corrected chi connectivity index (χ0v) is 26.1. The smallest absolute Gasteiger partial charge is 0.236 e. The summed E-state index contributed by atoms with van der Waals surface area (Å²) in [5, 5.41) is 4.08. The lowest BCUT2D eigenvalue weighted by Gasteiger charge is -2.41. The van der Waals surface area contributed by atoms with Crippen LogP contribution in [0.5, 0.6) is 0 Å². The van der Waals surface area contributed by atoms with Gasteiger partial charge in [0.2, 0.25) is 11.8 Å². The number of dihydropyridines is 1. The van der Waals surface area contributed by atoms with Crippen molar-refractivity contribution in [2.45, 2.75) is 77.2 Å². The second kappa shape index (κ2) is 14.3. The van der Waals surface area contributed by atoms with E-state index in [1.807, 2.05) is 15.9 Å². The molecule has 1 aromatic rings. The fraction of sp³-hybridized carbons (Fsp3) is 0.613. The summed E-state index contributed by atoms with van der Waals surface area (Å²) in [4.78, 5) is 28.8. The lowest BCUT2D eigenvalue weighted by atomic mass is 9.73. The quantitative estimate of drug-likeness (QED) is 0.419. The zero-order chi connectivity index (χ0) is 28.8. The Morgan fingerprint density at radius 2 is 1.68 bits per heavy atom. The number of benzene rings is 1. The summed E-state index contributed by atoms with van der Waals surface area (Å²) < 4.78 is 15.2. The Hall–Kier alpha value is -1.90. The van der Waals surface area contributed by atoms with E-state index in [2.05, 4.69) is 41.2 Å². The van der Waals surface area contributed by atoms with E-state index in [4.69, 9.17) is 17.3 Å². The summed E-state index contributed by atoms with van der Waals surface area (Å²) in [6.07, 6.45) is 10.1. The summed E-state index contributed by atoms with van der Waals surface area (Å²) in [6.45, 7) is 7.15. The Bertz CT molecular complexity index is 1130. The number of carbonyl (C=O) groups excluding carboxylic acids is 2. The van der Waals surface area contributed by atoms with Crippen LogP contribution in [-0.2, 0) is 16.0 Å². The molecule has 220 valence electrons. The second-order valence-electron chi connectivity index (χ2n) is 11.5. The number of allylic oxidation sites excluding steroid dienone is 2. The number of nitrogens with one attached hydrogen (secondary N) is 1. The van der Waals surface area contributed by atoms with E-state index in [1.165, 1.54) is 23.7 Å². The van der Waals surface area contributed by atoms with Gasteiger partial charge < -0.3 is 20.9 Å². The predicted molar refractivity (Wildman–Crippen MR) is 163 cm³/mol. The second-order valence-corrected chi connectivity index (χ2v) is 12.8. The number of amides is 2.